The number of fused-ring (bicyclic) bond motifs is 2. The van der Waals surface area contributed by atoms with Gasteiger partial charge in [0.25, 0.3) is 0 Å². The van der Waals surface area contributed by atoms with E-state index in [2.05, 4.69) is 63.6 Å². The number of amides is 2. The van der Waals surface area contributed by atoms with Crippen molar-refractivity contribution in [3.8, 4) is 5.75 Å². The second kappa shape index (κ2) is 13.8. The number of benzene rings is 1. The third-order valence-electron chi connectivity index (χ3n) is 9.03. The molecule has 2 amide bonds. The third kappa shape index (κ3) is 7.99. The van der Waals surface area contributed by atoms with Crippen LogP contribution in [0.25, 0.3) is 5.65 Å². The Labute approximate surface area is 278 Å². The Bertz CT molecular complexity index is 1740. The Kier molecular flexibility index (Phi) is 10.0. The van der Waals surface area contributed by atoms with E-state index < -0.39 is 0 Å². The molecule has 10 nitrogen and oxygen atoms in total. The second-order valence-electron chi connectivity index (χ2n) is 14.5. The normalized spacial score (nSPS) is 16.6. The first kappa shape index (κ1) is 34.0. The van der Waals surface area contributed by atoms with Crippen LogP contribution >= 0.6 is 0 Å². The molecule has 47 heavy (non-hydrogen) atoms. The van der Waals surface area contributed by atoms with Crippen LogP contribution in [0.15, 0.2) is 54.7 Å². The summed E-state index contributed by atoms with van der Waals surface area (Å²) >= 11 is 0. The molecule has 250 valence electrons. The number of nitrogens with one attached hydrogen (secondary N) is 2. The molecule has 3 aromatic heterocycles. The molecule has 1 aliphatic rings. The van der Waals surface area contributed by atoms with Gasteiger partial charge in [-0.3, -0.25) is 9.20 Å². The molecule has 1 aromatic carbocycles. The largest absolute Gasteiger partial charge is 0.484 e. The zero-order chi connectivity index (χ0) is 33.9. The van der Waals surface area contributed by atoms with Gasteiger partial charge in [0.2, 0.25) is 0 Å². The van der Waals surface area contributed by atoms with Crippen LogP contribution in [0, 0.1) is 0 Å². The standard InChI is InChI=1S/C37H49N7O3/c1-9-37(5,6)34-42-41-33-19-16-25(23-44(33)34)47-31-18-17-28(26-13-10-11-14-27(26)31)40-35(46)38-24-21-29(30(45)15-12-20-43(7)8)39-32(22-24)36(2,3)4/h10-11,13-14,16,19,21-23,28,31H,9,12,15,17-18,20H2,1-8H3,(H2,38,39,40,46)/t28-,31+/m0/s1. The average molecular weight is 640 g/mol. The molecule has 0 radical (unpaired) electrons. The maximum Gasteiger partial charge on any atom is 0.319 e. The van der Waals surface area contributed by atoms with E-state index in [0.29, 0.717) is 24.2 Å². The van der Waals surface area contributed by atoms with Gasteiger partial charge in [-0.1, -0.05) is 65.8 Å². The number of aromatic nitrogens is 4. The molecule has 5 rings (SSSR count). The quantitative estimate of drug-likeness (QED) is 0.164. The van der Waals surface area contributed by atoms with Crippen molar-refractivity contribution in [1.29, 1.82) is 0 Å². The number of ether oxygens (including phenoxy) is 1. The number of carbonyl (C=O) groups excluding carboxylic acids is 2. The van der Waals surface area contributed by atoms with Crippen molar-refractivity contribution in [2.24, 2.45) is 0 Å². The molecule has 10 heteroatoms. The molecule has 1 aliphatic carbocycles. The molecule has 2 N–H and O–H groups in total. The molecule has 0 aliphatic heterocycles. The number of carbonyl (C=O) groups is 2. The van der Waals surface area contributed by atoms with Crippen LogP contribution in [0.2, 0.25) is 0 Å². The molecule has 0 fully saturated rings. The summed E-state index contributed by atoms with van der Waals surface area (Å²) in [5.74, 6) is 1.63. The third-order valence-corrected chi connectivity index (χ3v) is 9.03. The zero-order valence-corrected chi connectivity index (χ0v) is 29.1. The Morgan fingerprint density at radius 1 is 1.00 bits per heavy atom. The number of anilines is 1. The Morgan fingerprint density at radius 3 is 2.45 bits per heavy atom. The molecule has 0 bridgehead atoms. The van der Waals surface area contributed by atoms with Gasteiger partial charge in [0.05, 0.1) is 12.2 Å². The van der Waals surface area contributed by atoms with Gasteiger partial charge in [0.1, 0.15) is 23.4 Å². The summed E-state index contributed by atoms with van der Waals surface area (Å²) in [7, 11) is 3.98. The number of rotatable bonds is 11. The van der Waals surface area contributed by atoms with Crippen molar-refractivity contribution in [3.63, 3.8) is 0 Å². The number of nitrogens with zero attached hydrogens (tertiary/aromatic N) is 5. The minimum Gasteiger partial charge on any atom is -0.484 e. The Morgan fingerprint density at radius 2 is 1.74 bits per heavy atom. The number of Topliss-reactive ketones (excluding diaryl/α,β-unsaturated/α-hetero) is 1. The highest BCUT2D eigenvalue weighted by molar-refractivity contribution is 5.97. The van der Waals surface area contributed by atoms with Crippen molar-refractivity contribution >= 4 is 23.1 Å². The minimum atomic E-state index is -0.328. The molecular formula is C37H49N7O3. The second-order valence-corrected chi connectivity index (χ2v) is 14.5. The fourth-order valence-electron chi connectivity index (χ4n) is 5.89. The lowest BCUT2D eigenvalue weighted by Gasteiger charge is -2.32. The lowest BCUT2D eigenvalue weighted by Crippen LogP contribution is -2.35. The molecule has 0 spiro atoms. The highest BCUT2D eigenvalue weighted by Crippen LogP contribution is 2.39. The monoisotopic (exact) mass is 639 g/mol. The van der Waals surface area contributed by atoms with Crippen LogP contribution in [0.4, 0.5) is 10.5 Å². The van der Waals surface area contributed by atoms with E-state index in [-0.39, 0.29) is 34.8 Å². The maximum atomic E-state index is 13.4. The highest BCUT2D eigenvalue weighted by atomic mass is 16.5. The first-order chi connectivity index (χ1) is 22.2. The zero-order valence-electron chi connectivity index (χ0n) is 29.1. The van der Waals surface area contributed by atoms with Gasteiger partial charge >= 0.3 is 6.03 Å². The van der Waals surface area contributed by atoms with Gasteiger partial charge in [-0.05, 0) is 81.7 Å². The fraction of sp³-hybridized carbons (Fsp3) is 0.486. The van der Waals surface area contributed by atoms with Crippen molar-refractivity contribution < 1.29 is 14.3 Å². The Balaban J connectivity index is 1.31. The molecular weight excluding hydrogens is 590 g/mol. The lowest BCUT2D eigenvalue weighted by atomic mass is 9.85. The van der Waals surface area contributed by atoms with Crippen molar-refractivity contribution in [3.05, 3.63) is 83.1 Å². The summed E-state index contributed by atoms with van der Waals surface area (Å²) in [4.78, 5) is 33.2. The van der Waals surface area contributed by atoms with Crippen molar-refractivity contribution in [1.82, 2.24) is 29.8 Å². The molecule has 2 atom stereocenters. The van der Waals surface area contributed by atoms with E-state index in [1.807, 2.05) is 75.8 Å². The van der Waals surface area contributed by atoms with Gasteiger partial charge in [-0.25, -0.2) is 9.78 Å². The molecule has 3 heterocycles. The van der Waals surface area contributed by atoms with Gasteiger partial charge in [0.15, 0.2) is 11.4 Å². The fourth-order valence-corrected chi connectivity index (χ4v) is 5.89. The molecule has 0 unspecified atom stereocenters. The van der Waals surface area contributed by atoms with Crippen LogP contribution in [-0.2, 0) is 10.8 Å². The lowest BCUT2D eigenvalue weighted by molar-refractivity contribution is 0.0972. The van der Waals surface area contributed by atoms with Crippen LogP contribution < -0.4 is 15.4 Å². The predicted octanol–water partition coefficient (Wildman–Crippen LogP) is 7.41. The number of hydrogen-bond acceptors (Lipinski definition) is 7. The summed E-state index contributed by atoms with van der Waals surface area (Å²) in [5, 5.41) is 15.0. The number of ketones is 1. The van der Waals surface area contributed by atoms with Gasteiger partial charge in [-0.15, -0.1) is 10.2 Å². The number of urea groups is 1. The van der Waals surface area contributed by atoms with Crippen LogP contribution in [0.1, 0.15) is 119 Å². The highest BCUT2D eigenvalue weighted by Gasteiger charge is 2.30. The first-order valence-electron chi connectivity index (χ1n) is 16.6. The van der Waals surface area contributed by atoms with E-state index in [9.17, 15) is 9.59 Å². The summed E-state index contributed by atoms with van der Waals surface area (Å²) in [6.45, 7) is 13.5. The maximum absolute atomic E-state index is 13.4. The van der Waals surface area contributed by atoms with E-state index in [1.165, 1.54) is 0 Å². The molecule has 4 aromatic rings. The van der Waals surface area contributed by atoms with Gasteiger partial charge < -0.3 is 20.3 Å². The molecule has 0 saturated carbocycles. The topological polar surface area (TPSA) is 114 Å². The smallest absolute Gasteiger partial charge is 0.319 e. The van der Waals surface area contributed by atoms with E-state index >= 15 is 0 Å². The van der Waals surface area contributed by atoms with Gasteiger partial charge in [-0.2, -0.15) is 0 Å². The number of pyridine rings is 2. The van der Waals surface area contributed by atoms with Crippen LogP contribution in [0.5, 0.6) is 5.75 Å². The molecule has 0 saturated heterocycles. The first-order valence-corrected chi connectivity index (χ1v) is 16.6. The van der Waals surface area contributed by atoms with E-state index in [4.69, 9.17) is 4.74 Å². The summed E-state index contributed by atoms with van der Waals surface area (Å²) in [6.07, 6.45) is 5.32. The van der Waals surface area contributed by atoms with Crippen molar-refractivity contribution in [2.45, 2.75) is 96.6 Å². The van der Waals surface area contributed by atoms with E-state index in [1.54, 1.807) is 6.07 Å². The SMILES string of the molecule is CCC(C)(C)c1nnc2ccc(O[C@@H]3CC[C@H](NC(=O)Nc4cc(C(=O)CCCN(C)C)nc(C(C)(C)C)c4)c4ccccc43)cn12. The van der Waals surface area contributed by atoms with Crippen LogP contribution in [-0.4, -0.2) is 56.9 Å². The number of hydrogen-bond donors (Lipinski definition) is 2. The predicted molar refractivity (Wildman–Crippen MR) is 185 cm³/mol. The van der Waals surface area contributed by atoms with Gasteiger partial charge in [0, 0.05) is 28.6 Å². The summed E-state index contributed by atoms with van der Waals surface area (Å²) < 4.78 is 8.61. The Hall–Kier alpha value is -4.31. The summed E-state index contributed by atoms with van der Waals surface area (Å²) in [5.41, 5.74) is 4.13. The minimum absolute atomic E-state index is 0.0255. The van der Waals surface area contributed by atoms with Crippen molar-refractivity contribution in [2.75, 3.05) is 26.0 Å². The van der Waals surface area contributed by atoms with E-state index in [0.717, 1.165) is 59.8 Å². The average Bonchev–Trinajstić information content (AvgIpc) is 3.46. The summed E-state index contributed by atoms with van der Waals surface area (Å²) in [6, 6.07) is 15.0. The van der Waals surface area contributed by atoms with Crippen LogP contribution in [0.3, 0.4) is 0 Å².